The number of rotatable bonds is 7. The second-order valence-electron chi connectivity index (χ2n) is 5.98. The molecule has 124 valence electrons. The molecule has 0 amide bonds. The molecule has 0 fully saturated rings. The predicted octanol–water partition coefficient (Wildman–Crippen LogP) is 4.63. The van der Waals surface area contributed by atoms with Crippen molar-refractivity contribution in [1.29, 1.82) is 0 Å². The van der Waals surface area contributed by atoms with Gasteiger partial charge in [0.2, 0.25) is 0 Å². The third-order valence-electron chi connectivity index (χ3n) is 3.78. The summed E-state index contributed by atoms with van der Waals surface area (Å²) in [7, 11) is -3.56. The molecule has 0 N–H and O–H groups in total. The van der Waals surface area contributed by atoms with Crippen LogP contribution in [0.3, 0.4) is 0 Å². The first-order valence-corrected chi connectivity index (χ1v) is 9.59. The van der Waals surface area contributed by atoms with Crippen LogP contribution in [-0.2, 0) is 16.4 Å². The molecule has 3 nitrogen and oxygen atoms in total. The van der Waals surface area contributed by atoms with E-state index in [1.54, 1.807) is 12.1 Å². The van der Waals surface area contributed by atoms with Gasteiger partial charge < -0.3 is 0 Å². The second kappa shape index (κ2) is 7.64. The molecule has 0 saturated carbocycles. The highest BCUT2D eigenvalue weighted by molar-refractivity contribution is 7.92. The van der Waals surface area contributed by atoms with E-state index in [1.807, 2.05) is 56.3 Å². The Hall–Kier alpha value is -1.81. The van der Waals surface area contributed by atoms with Crippen LogP contribution in [0.5, 0.6) is 0 Å². The lowest BCUT2D eigenvalue weighted by Crippen LogP contribution is -2.36. The summed E-state index contributed by atoms with van der Waals surface area (Å²) < 4.78 is 27.5. The number of unbranched alkanes of at least 4 members (excludes halogenated alkanes) is 1. The first-order chi connectivity index (χ1) is 11.0. The molecule has 0 atom stereocenters. The van der Waals surface area contributed by atoms with Gasteiger partial charge in [0.25, 0.3) is 10.0 Å². The van der Waals surface area contributed by atoms with Gasteiger partial charge >= 0.3 is 0 Å². The van der Waals surface area contributed by atoms with Crippen molar-refractivity contribution >= 4 is 15.7 Å². The van der Waals surface area contributed by atoms with E-state index in [2.05, 4.69) is 6.92 Å². The second-order valence-corrected chi connectivity index (χ2v) is 7.79. The topological polar surface area (TPSA) is 37.4 Å². The van der Waals surface area contributed by atoms with Crippen LogP contribution < -0.4 is 4.31 Å². The summed E-state index contributed by atoms with van der Waals surface area (Å²) in [6.07, 6.45) is 3.24. The molecule has 0 heterocycles. The third-order valence-corrected chi connectivity index (χ3v) is 5.80. The maximum Gasteiger partial charge on any atom is 0.264 e. The molecule has 0 bridgehead atoms. The number of para-hydroxylation sites is 1. The van der Waals surface area contributed by atoms with Gasteiger partial charge in [-0.2, -0.15) is 0 Å². The fraction of sp³-hybridized carbons (Fsp3) is 0.368. The van der Waals surface area contributed by atoms with Gasteiger partial charge in [0, 0.05) is 6.04 Å². The first-order valence-electron chi connectivity index (χ1n) is 8.15. The van der Waals surface area contributed by atoms with Crippen molar-refractivity contribution in [3.05, 3.63) is 60.2 Å². The third kappa shape index (κ3) is 4.14. The zero-order valence-corrected chi connectivity index (χ0v) is 14.9. The van der Waals surface area contributed by atoms with Crippen LogP contribution in [0.2, 0.25) is 0 Å². The van der Waals surface area contributed by atoms with E-state index in [0.29, 0.717) is 10.6 Å². The van der Waals surface area contributed by atoms with Crippen LogP contribution in [0.1, 0.15) is 39.2 Å². The molecule has 23 heavy (non-hydrogen) atoms. The van der Waals surface area contributed by atoms with Gasteiger partial charge in [-0.15, -0.1) is 0 Å². The van der Waals surface area contributed by atoms with Gasteiger partial charge in [0.05, 0.1) is 10.6 Å². The molecule has 0 radical (unpaired) electrons. The smallest absolute Gasteiger partial charge is 0.264 e. The maximum atomic E-state index is 13.0. The van der Waals surface area contributed by atoms with Crippen LogP contribution in [0.4, 0.5) is 5.69 Å². The number of hydrogen-bond donors (Lipinski definition) is 0. The highest BCUT2D eigenvalue weighted by Crippen LogP contribution is 2.26. The van der Waals surface area contributed by atoms with Crippen molar-refractivity contribution in [2.75, 3.05) is 4.31 Å². The zero-order chi connectivity index (χ0) is 16.9. The largest absolute Gasteiger partial charge is 0.264 e. The summed E-state index contributed by atoms with van der Waals surface area (Å²) in [6, 6.07) is 16.4. The van der Waals surface area contributed by atoms with Gasteiger partial charge in [-0.05, 0) is 56.5 Å². The average molecular weight is 331 g/mol. The Morgan fingerprint density at radius 1 is 0.957 bits per heavy atom. The quantitative estimate of drug-likeness (QED) is 0.741. The van der Waals surface area contributed by atoms with Crippen LogP contribution in [0.15, 0.2) is 59.5 Å². The van der Waals surface area contributed by atoms with E-state index < -0.39 is 10.0 Å². The van der Waals surface area contributed by atoms with Crippen molar-refractivity contribution in [3.63, 3.8) is 0 Å². The van der Waals surface area contributed by atoms with Crippen LogP contribution >= 0.6 is 0 Å². The fourth-order valence-electron chi connectivity index (χ4n) is 2.61. The van der Waals surface area contributed by atoms with E-state index in [4.69, 9.17) is 0 Å². The number of hydrogen-bond acceptors (Lipinski definition) is 2. The molecule has 0 unspecified atom stereocenters. The highest BCUT2D eigenvalue weighted by Gasteiger charge is 2.27. The summed E-state index contributed by atoms with van der Waals surface area (Å²) >= 11 is 0. The molecule has 2 rings (SSSR count). The number of aryl methyl sites for hydroxylation is 1. The molecular formula is C19H25NO2S. The Labute approximate surface area is 140 Å². The van der Waals surface area contributed by atoms with Crippen molar-refractivity contribution in [3.8, 4) is 0 Å². The maximum absolute atomic E-state index is 13.0. The molecule has 0 aliphatic heterocycles. The van der Waals surface area contributed by atoms with E-state index in [9.17, 15) is 8.42 Å². The van der Waals surface area contributed by atoms with Gasteiger partial charge in [-0.1, -0.05) is 43.7 Å². The van der Waals surface area contributed by atoms with Gasteiger partial charge in [0.1, 0.15) is 0 Å². The Morgan fingerprint density at radius 3 is 2.09 bits per heavy atom. The van der Waals surface area contributed by atoms with Crippen molar-refractivity contribution in [2.45, 2.75) is 51.0 Å². The monoisotopic (exact) mass is 331 g/mol. The van der Waals surface area contributed by atoms with E-state index in [0.717, 1.165) is 19.3 Å². The lowest BCUT2D eigenvalue weighted by atomic mass is 10.1. The van der Waals surface area contributed by atoms with Gasteiger partial charge in [0.15, 0.2) is 0 Å². The lowest BCUT2D eigenvalue weighted by Gasteiger charge is -2.28. The molecule has 0 aliphatic carbocycles. The van der Waals surface area contributed by atoms with E-state index >= 15 is 0 Å². The van der Waals surface area contributed by atoms with Crippen LogP contribution in [0.25, 0.3) is 0 Å². The van der Waals surface area contributed by atoms with Gasteiger partial charge in [-0.25, -0.2) is 8.42 Å². The number of anilines is 1. The Kier molecular flexibility index (Phi) is 5.83. The Balaban J connectivity index is 2.35. The Morgan fingerprint density at radius 2 is 1.57 bits per heavy atom. The molecule has 2 aromatic rings. The first kappa shape index (κ1) is 17.5. The minimum atomic E-state index is -3.56. The minimum absolute atomic E-state index is 0.151. The normalized spacial score (nSPS) is 11.7. The minimum Gasteiger partial charge on any atom is -0.264 e. The number of benzene rings is 2. The summed E-state index contributed by atoms with van der Waals surface area (Å²) in [5.74, 6) is 0. The molecule has 0 aliphatic rings. The number of sulfonamides is 1. The molecule has 0 aromatic heterocycles. The lowest BCUT2D eigenvalue weighted by molar-refractivity contribution is 0.584. The van der Waals surface area contributed by atoms with E-state index in [-0.39, 0.29) is 6.04 Å². The van der Waals surface area contributed by atoms with Crippen molar-refractivity contribution in [2.24, 2.45) is 0 Å². The standard InChI is InChI=1S/C19H25NO2S/c1-4-5-9-17-12-14-19(15-13-17)23(21,22)20(16(2)3)18-10-7-6-8-11-18/h6-8,10-16H,4-5,9H2,1-3H3. The fourth-order valence-corrected chi connectivity index (χ4v) is 4.27. The predicted molar refractivity (Wildman–Crippen MR) is 96.3 cm³/mol. The molecule has 4 heteroatoms. The van der Waals surface area contributed by atoms with Crippen molar-refractivity contribution in [1.82, 2.24) is 0 Å². The molecule has 2 aromatic carbocycles. The zero-order valence-electron chi connectivity index (χ0n) is 14.1. The van der Waals surface area contributed by atoms with Gasteiger partial charge in [-0.3, -0.25) is 4.31 Å². The van der Waals surface area contributed by atoms with Crippen molar-refractivity contribution < 1.29 is 8.42 Å². The Bertz CT molecular complexity index is 707. The summed E-state index contributed by atoms with van der Waals surface area (Å²) in [5.41, 5.74) is 1.87. The van der Waals surface area contributed by atoms with Crippen LogP contribution in [0, 0.1) is 0 Å². The molecular weight excluding hydrogens is 306 g/mol. The summed E-state index contributed by atoms with van der Waals surface area (Å²) in [6.45, 7) is 5.93. The SMILES string of the molecule is CCCCc1ccc(S(=O)(=O)N(c2ccccc2)C(C)C)cc1. The summed E-state index contributed by atoms with van der Waals surface area (Å²) in [5, 5.41) is 0. The molecule has 0 spiro atoms. The number of nitrogens with zero attached hydrogens (tertiary/aromatic N) is 1. The average Bonchev–Trinajstić information content (AvgIpc) is 2.54. The van der Waals surface area contributed by atoms with Crippen LogP contribution in [-0.4, -0.2) is 14.5 Å². The molecule has 0 saturated heterocycles. The van der Waals surface area contributed by atoms with E-state index in [1.165, 1.54) is 9.87 Å². The highest BCUT2D eigenvalue weighted by atomic mass is 32.2. The summed E-state index contributed by atoms with van der Waals surface area (Å²) in [4.78, 5) is 0.343.